The number of hydrogen-bond acceptors (Lipinski definition) is 4. The van der Waals surface area contributed by atoms with Gasteiger partial charge in [0.2, 0.25) is 0 Å². The Hall–Kier alpha value is -1.03. The predicted octanol–water partition coefficient (Wildman–Crippen LogP) is 5.08. The molecular formula is C18H22Cl2NO3P. The second-order valence-electron chi connectivity index (χ2n) is 5.85. The van der Waals surface area contributed by atoms with Gasteiger partial charge in [-0.3, -0.25) is 4.57 Å². The summed E-state index contributed by atoms with van der Waals surface area (Å²) >= 11 is 12.4. The Balaban J connectivity index is 2.51. The maximum absolute atomic E-state index is 13.7. The Kier molecular flexibility index (Phi) is 6.95. The van der Waals surface area contributed by atoms with Gasteiger partial charge < -0.3 is 14.5 Å². The molecule has 0 unspecified atom stereocenters. The summed E-state index contributed by atoms with van der Waals surface area (Å²) in [5, 5.41) is 11.8. The molecule has 7 heteroatoms. The summed E-state index contributed by atoms with van der Waals surface area (Å²) < 4.78 is 19.3. The monoisotopic (exact) mass is 401 g/mol. The number of hydrogen-bond donors (Lipinski definition) is 1. The second kappa shape index (κ2) is 8.57. The van der Waals surface area contributed by atoms with E-state index in [2.05, 4.69) is 0 Å². The van der Waals surface area contributed by atoms with Crippen LogP contribution in [-0.2, 0) is 9.09 Å². The molecule has 0 spiro atoms. The largest absolute Gasteiger partial charge is 0.378 e. The Morgan fingerprint density at radius 1 is 1.12 bits per heavy atom. The van der Waals surface area contributed by atoms with Crippen LogP contribution in [0.1, 0.15) is 24.8 Å². The summed E-state index contributed by atoms with van der Waals surface area (Å²) in [5.41, 5.74) is 1.18. The molecular weight excluding hydrogens is 380 g/mol. The number of halogens is 2. The molecule has 0 radical (unpaired) electrons. The molecule has 0 aliphatic heterocycles. The zero-order valence-electron chi connectivity index (χ0n) is 14.4. The van der Waals surface area contributed by atoms with Gasteiger partial charge in [-0.25, -0.2) is 0 Å². The Morgan fingerprint density at radius 2 is 1.68 bits per heavy atom. The molecule has 0 saturated heterocycles. The van der Waals surface area contributed by atoms with Crippen LogP contribution in [0, 0.1) is 0 Å². The van der Waals surface area contributed by atoms with Gasteiger partial charge >= 0.3 is 0 Å². The zero-order chi connectivity index (χ0) is 18.6. The van der Waals surface area contributed by atoms with E-state index in [0.717, 1.165) is 5.69 Å². The summed E-state index contributed by atoms with van der Waals surface area (Å²) in [6, 6.07) is 12.0. The summed E-state index contributed by atoms with van der Waals surface area (Å²) in [5.74, 6) is -1.44. The van der Waals surface area contributed by atoms with Crippen molar-refractivity contribution >= 4 is 41.6 Å². The first-order chi connectivity index (χ1) is 11.8. The first kappa shape index (κ1) is 20.3. The van der Waals surface area contributed by atoms with E-state index in [1.54, 1.807) is 30.3 Å². The first-order valence-corrected chi connectivity index (χ1v) is 10.4. The highest BCUT2D eigenvalue weighted by Crippen LogP contribution is 2.59. The normalized spacial score (nSPS) is 14.8. The highest BCUT2D eigenvalue weighted by molar-refractivity contribution is 7.67. The maximum Gasteiger partial charge on any atom is 0.264 e. The molecule has 1 N–H and O–H groups in total. The van der Waals surface area contributed by atoms with Crippen LogP contribution in [0.15, 0.2) is 42.5 Å². The molecule has 25 heavy (non-hydrogen) atoms. The fourth-order valence-corrected chi connectivity index (χ4v) is 5.36. The van der Waals surface area contributed by atoms with Gasteiger partial charge in [-0.2, -0.15) is 0 Å². The van der Waals surface area contributed by atoms with Gasteiger partial charge in [-0.15, -0.1) is 0 Å². The van der Waals surface area contributed by atoms with Crippen molar-refractivity contribution in [1.82, 2.24) is 0 Å². The minimum Gasteiger partial charge on any atom is -0.378 e. The van der Waals surface area contributed by atoms with Crippen molar-refractivity contribution in [3.05, 3.63) is 58.1 Å². The molecule has 0 aliphatic carbocycles. The lowest BCUT2D eigenvalue weighted by atomic mass is 10.2. The van der Waals surface area contributed by atoms with Crippen molar-refractivity contribution in [2.24, 2.45) is 0 Å². The smallest absolute Gasteiger partial charge is 0.264 e. The lowest BCUT2D eigenvalue weighted by Gasteiger charge is -2.26. The van der Waals surface area contributed by atoms with Gasteiger partial charge in [0, 0.05) is 40.7 Å². The molecule has 0 bridgehead atoms. The molecule has 0 aromatic heterocycles. The van der Waals surface area contributed by atoms with E-state index in [9.17, 15) is 9.67 Å². The van der Waals surface area contributed by atoms with Gasteiger partial charge in [0.05, 0.1) is 6.61 Å². The number of benzene rings is 2. The molecule has 0 heterocycles. The molecule has 0 amide bonds. The fourth-order valence-electron chi connectivity index (χ4n) is 2.40. The summed E-state index contributed by atoms with van der Waals surface area (Å²) in [6.07, 6.45) is 0.669. The quantitative estimate of drug-likeness (QED) is 0.657. The van der Waals surface area contributed by atoms with Crippen LogP contribution in [0.2, 0.25) is 10.0 Å². The van der Waals surface area contributed by atoms with Gasteiger partial charge in [0.1, 0.15) is 0 Å². The molecule has 0 aliphatic rings. The van der Waals surface area contributed by atoms with Crippen LogP contribution in [-0.4, -0.2) is 25.8 Å². The third-order valence-electron chi connectivity index (χ3n) is 3.79. The molecule has 0 fully saturated rings. The topological polar surface area (TPSA) is 49.8 Å². The van der Waals surface area contributed by atoms with Crippen molar-refractivity contribution in [3.63, 3.8) is 0 Å². The average Bonchev–Trinajstić information content (AvgIpc) is 2.59. The highest BCUT2D eigenvalue weighted by atomic mass is 35.5. The zero-order valence-corrected chi connectivity index (χ0v) is 16.9. The Labute approximate surface area is 158 Å². The van der Waals surface area contributed by atoms with Crippen LogP contribution in [0.3, 0.4) is 0 Å². The number of aliphatic hydroxyl groups is 1. The number of rotatable bonds is 7. The number of aliphatic hydroxyl groups excluding tert-OH is 1. The predicted molar refractivity (Wildman–Crippen MR) is 106 cm³/mol. The summed E-state index contributed by atoms with van der Waals surface area (Å²) in [4.78, 5) is 1.93. The molecule has 2 atom stereocenters. The van der Waals surface area contributed by atoms with E-state index < -0.39 is 13.2 Å². The van der Waals surface area contributed by atoms with E-state index in [0.29, 0.717) is 11.7 Å². The van der Waals surface area contributed by atoms with E-state index in [1.165, 1.54) is 0 Å². The van der Waals surface area contributed by atoms with Gasteiger partial charge in [-0.1, -0.05) is 36.2 Å². The minimum absolute atomic E-state index is 0.224. The standard InChI is InChI=1S/C18H22Cl2NO3P/c1-4-12-24-25(23,14-10-8-13(9-11-14)21(2)3)18(22)17-15(19)6-5-7-16(17)20/h5-11,18,22H,4,12H2,1-3H3/t18-,25-/m1/s1. The highest BCUT2D eigenvalue weighted by Gasteiger charge is 2.38. The average molecular weight is 402 g/mol. The molecule has 0 saturated carbocycles. The van der Waals surface area contributed by atoms with Crippen LogP contribution in [0.5, 0.6) is 0 Å². The van der Waals surface area contributed by atoms with Crippen molar-refractivity contribution < 1.29 is 14.2 Å². The third-order valence-corrected chi connectivity index (χ3v) is 6.94. The lowest BCUT2D eigenvalue weighted by Crippen LogP contribution is -2.16. The van der Waals surface area contributed by atoms with E-state index in [4.69, 9.17) is 27.7 Å². The van der Waals surface area contributed by atoms with E-state index >= 15 is 0 Å². The second-order valence-corrected chi connectivity index (χ2v) is 9.12. The van der Waals surface area contributed by atoms with Crippen molar-refractivity contribution in [2.45, 2.75) is 19.2 Å². The summed E-state index contributed by atoms with van der Waals surface area (Å²) in [7, 11) is 0.197. The summed E-state index contributed by atoms with van der Waals surface area (Å²) in [6.45, 7) is 2.17. The van der Waals surface area contributed by atoms with Crippen molar-refractivity contribution in [1.29, 1.82) is 0 Å². The molecule has 2 rings (SSSR count). The van der Waals surface area contributed by atoms with Crippen LogP contribution < -0.4 is 10.2 Å². The van der Waals surface area contributed by atoms with Crippen molar-refractivity contribution in [3.8, 4) is 0 Å². The van der Waals surface area contributed by atoms with Crippen molar-refractivity contribution in [2.75, 3.05) is 25.6 Å². The van der Waals surface area contributed by atoms with E-state index in [-0.39, 0.29) is 22.2 Å². The number of anilines is 1. The van der Waals surface area contributed by atoms with Crippen LogP contribution in [0.25, 0.3) is 0 Å². The van der Waals surface area contributed by atoms with Crippen LogP contribution in [0.4, 0.5) is 5.69 Å². The van der Waals surface area contributed by atoms with Crippen LogP contribution >= 0.6 is 30.6 Å². The molecule has 2 aromatic rings. The number of nitrogens with zero attached hydrogens (tertiary/aromatic N) is 1. The molecule has 2 aromatic carbocycles. The van der Waals surface area contributed by atoms with Gasteiger partial charge in [0.25, 0.3) is 7.37 Å². The fraction of sp³-hybridized carbons (Fsp3) is 0.333. The molecule has 4 nitrogen and oxygen atoms in total. The van der Waals surface area contributed by atoms with Gasteiger partial charge in [-0.05, 0) is 42.8 Å². The third kappa shape index (κ3) is 4.39. The lowest BCUT2D eigenvalue weighted by molar-refractivity contribution is 0.214. The maximum atomic E-state index is 13.7. The first-order valence-electron chi connectivity index (χ1n) is 7.95. The molecule has 136 valence electrons. The SMILES string of the molecule is CCCO[P@](=O)(c1ccc(N(C)C)cc1)[C@@H](O)c1c(Cl)cccc1Cl. The Bertz CT molecular complexity index is 745. The van der Waals surface area contributed by atoms with Gasteiger partial charge in [0.15, 0.2) is 5.85 Å². The Morgan fingerprint density at radius 3 is 2.16 bits per heavy atom. The minimum atomic E-state index is -3.64. The van der Waals surface area contributed by atoms with E-state index in [1.807, 2.05) is 38.1 Å².